The smallest absolute Gasteiger partial charge is 0.223 e. The van der Waals surface area contributed by atoms with E-state index >= 15 is 0 Å². The van der Waals surface area contributed by atoms with E-state index < -0.39 is 0 Å². The molecule has 0 radical (unpaired) electrons. The van der Waals surface area contributed by atoms with Crippen LogP contribution in [-0.4, -0.2) is 47.7 Å². The average Bonchev–Trinajstić information content (AvgIpc) is 2.41. The molecule has 3 saturated heterocycles. The Morgan fingerprint density at radius 1 is 1.29 bits per heavy atom. The average molecular weight is 234 g/mol. The van der Waals surface area contributed by atoms with Crippen LogP contribution in [-0.2, 0) is 0 Å². The molecule has 1 aromatic heterocycles. The van der Waals surface area contributed by atoms with Crippen molar-refractivity contribution in [1.29, 1.82) is 0 Å². The quantitative estimate of drug-likeness (QED) is 0.845. The maximum absolute atomic E-state index is 5.05. The lowest BCUT2D eigenvalue weighted by Gasteiger charge is -2.44. The minimum Gasteiger partial charge on any atom is -0.494 e. The van der Waals surface area contributed by atoms with Crippen LogP contribution in [0.3, 0.4) is 0 Å². The molecule has 5 nitrogen and oxygen atoms in total. The second-order valence-corrected chi connectivity index (χ2v) is 4.84. The molecule has 3 aliphatic rings. The molecule has 0 spiro atoms. The van der Waals surface area contributed by atoms with Crippen LogP contribution in [0.2, 0.25) is 0 Å². The molecule has 92 valence electrons. The van der Waals surface area contributed by atoms with E-state index in [9.17, 15) is 0 Å². The third kappa shape index (κ3) is 2.20. The maximum atomic E-state index is 5.05. The number of fused-ring (bicyclic) bond motifs is 3. The molecule has 0 aromatic carbocycles. The molecule has 5 heteroatoms. The van der Waals surface area contributed by atoms with Crippen LogP contribution in [0.5, 0.6) is 5.75 Å². The number of hydrogen-bond acceptors (Lipinski definition) is 5. The Morgan fingerprint density at radius 2 is 2.00 bits per heavy atom. The molecule has 3 aliphatic heterocycles. The van der Waals surface area contributed by atoms with Gasteiger partial charge in [-0.2, -0.15) is 0 Å². The molecule has 3 fully saturated rings. The maximum Gasteiger partial charge on any atom is 0.223 e. The molecule has 2 bridgehead atoms. The van der Waals surface area contributed by atoms with Crippen LogP contribution in [0.1, 0.15) is 12.8 Å². The lowest BCUT2D eigenvalue weighted by molar-refractivity contribution is 0.0972. The van der Waals surface area contributed by atoms with Gasteiger partial charge in [0, 0.05) is 12.6 Å². The first-order valence-electron chi connectivity index (χ1n) is 6.20. The molecule has 4 heterocycles. The summed E-state index contributed by atoms with van der Waals surface area (Å²) in [7, 11) is 1.62. The van der Waals surface area contributed by atoms with E-state index in [4.69, 9.17) is 4.74 Å². The van der Waals surface area contributed by atoms with Crippen molar-refractivity contribution in [2.24, 2.45) is 5.92 Å². The van der Waals surface area contributed by atoms with Crippen LogP contribution in [0.15, 0.2) is 12.4 Å². The summed E-state index contributed by atoms with van der Waals surface area (Å²) >= 11 is 0. The summed E-state index contributed by atoms with van der Waals surface area (Å²) in [5.74, 6) is 2.19. The molecular formula is C12H18N4O. The Balaban J connectivity index is 1.66. The van der Waals surface area contributed by atoms with Gasteiger partial charge in [0.25, 0.3) is 0 Å². The summed E-state index contributed by atoms with van der Waals surface area (Å²) in [5.41, 5.74) is 0. The number of piperidine rings is 3. The van der Waals surface area contributed by atoms with Gasteiger partial charge in [0.15, 0.2) is 5.75 Å². The molecule has 1 aromatic rings. The zero-order chi connectivity index (χ0) is 11.7. The minimum absolute atomic E-state index is 0.505. The number of hydrogen-bond donors (Lipinski definition) is 1. The van der Waals surface area contributed by atoms with Crippen LogP contribution < -0.4 is 10.1 Å². The highest BCUT2D eigenvalue weighted by molar-refractivity contribution is 5.29. The van der Waals surface area contributed by atoms with Crippen LogP contribution in [0, 0.1) is 5.92 Å². The van der Waals surface area contributed by atoms with Gasteiger partial charge < -0.3 is 15.0 Å². The first-order chi connectivity index (χ1) is 8.35. The Kier molecular flexibility index (Phi) is 2.84. The fourth-order valence-electron chi connectivity index (χ4n) is 2.79. The number of rotatable bonds is 3. The summed E-state index contributed by atoms with van der Waals surface area (Å²) in [5, 5.41) is 3.44. The van der Waals surface area contributed by atoms with E-state index in [-0.39, 0.29) is 0 Å². The molecule has 1 atom stereocenters. The Morgan fingerprint density at radius 3 is 2.53 bits per heavy atom. The highest BCUT2D eigenvalue weighted by Gasteiger charge is 2.34. The molecule has 0 aliphatic carbocycles. The Hall–Kier alpha value is -1.36. The van der Waals surface area contributed by atoms with Crippen LogP contribution >= 0.6 is 0 Å². The number of ether oxygens (including phenoxy) is 1. The first-order valence-corrected chi connectivity index (χ1v) is 6.20. The van der Waals surface area contributed by atoms with Gasteiger partial charge in [-0.25, -0.2) is 9.97 Å². The minimum atomic E-state index is 0.505. The summed E-state index contributed by atoms with van der Waals surface area (Å²) in [4.78, 5) is 11.0. The van der Waals surface area contributed by atoms with Crippen molar-refractivity contribution in [2.75, 3.05) is 32.1 Å². The summed E-state index contributed by atoms with van der Waals surface area (Å²) < 4.78 is 5.05. The number of nitrogens with one attached hydrogen (secondary N) is 1. The van der Waals surface area contributed by atoms with E-state index in [0.29, 0.717) is 17.7 Å². The lowest BCUT2D eigenvalue weighted by atomic mass is 9.84. The van der Waals surface area contributed by atoms with Crippen LogP contribution in [0.4, 0.5) is 5.95 Å². The van der Waals surface area contributed by atoms with E-state index in [2.05, 4.69) is 20.2 Å². The Labute approximate surface area is 101 Å². The van der Waals surface area contributed by atoms with E-state index in [1.165, 1.54) is 25.9 Å². The standard InChI is InChI=1S/C12H18N4O/c1-17-10-6-13-12(14-7-10)15-11-8-16-4-2-9(11)3-5-16/h6-7,9,11H,2-5,8H2,1H3,(H,13,14,15). The van der Waals surface area contributed by atoms with Gasteiger partial charge in [-0.05, 0) is 31.8 Å². The van der Waals surface area contributed by atoms with E-state index in [1.54, 1.807) is 19.5 Å². The molecule has 1 N–H and O–H groups in total. The number of methoxy groups -OCH3 is 1. The van der Waals surface area contributed by atoms with E-state index in [1.807, 2.05) is 0 Å². The van der Waals surface area contributed by atoms with Gasteiger partial charge in [0.2, 0.25) is 5.95 Å². The molecule has 0 saturated carbocycles. The Bertz CT molecular complexity index is 373. The predicted octanol–water partition coefficient (Wildman–Crippen LogP) is 0.991. The summed E-state index contributed by atoms with van der Waals surface area (Å²) in [6.07, 6.45) is 6.01. The second kappa shape index (κ2) is 4.49. The van der Waals surface area contributed by atoms with Crippen molar-refractivity contribution in [2.45, 2.75) is 18.9 Å². The lowest BCUT2D eigenvalue weighted by Crippen LogP contribution is -2.53. The third-order valence-electron chi connectivity index (χ3n) is 3.83. The first kappa shape index (κ1) is 10.8. The highest BCUT2D eigenvalue weighted by Crippen LogP contribution is 2.29. The second-order valence-electron chi connectivity index (χ2n) is 4.84. The van der Waals surface area contributed by atoms with Gasteiger partial charge >= 0.3 is 0 Å². The molecule has 17 heavy (non-hydrogen) atoms. The SMILES string of the molecule is COc1cnc(NC2CN3CCC2CC3)nc1. The molecule has 4 rings (SSSR count). The molecule has 0 amide bonds. The zero-order valence-electron chi connectivity index (χ0n) is 10.1. The van der Waals surface area contributed by atoms with Crippen molar-refractivity contribution >= 4 is 5.95 Å². The monoisotopic (exact) mass is 234 g/mol. The predicted molar refractivity (Wildman–Crippen MR) is 65.2 cm³/mol. The fourth-order valence-corrected chi connectivity index (χ4v) is 2.79. The van der Waals surface area contributed by atoms with Crippen molar-refractivity contribution < 1.29 is 4.74 Å². The number of anilines is 1. The molecule has 1 unspecified atom stereocenters. The summed E-state index contributed by atoms with van der Waals surface area (Å²) in [6, 6.07) is 0.505. The van der Waals surface area contributed by atoms with Gasteiger partial charge in [-0.3, -0.25) is 0 Å². The van der Waals surface area contributed by atoms with Gasteiger partial charge in [-0.15, -0.1) is 0 Å². The fraction of sp³-hybridized carbons (Fsp3) is 0.667. The van der Waals surface area contributed by atoms with Crippen molar-refractivity contribution in [1.82, 2.24) is 14.9 Å². The van der Waals surface area contributed by atoms with Crippen molar-refractivity contribution in [3.8, 4) is 5.75 Å². The zero-order valence-corrected chi connectivity index (χ0v) is 10.1. The molecular weight excluding hydrogens is 216 g/mol. The summed E-state index contributed by atoms with van der Waals surface area (Å²) in [6.45, 7) is 3.64. The highest BCUT2D eigenvalue weighted by atomic mass is 16.5. The van der Waals surface area contributed by atoms with Gasteiger partial charge in [-0.1, -0.05) is 0 Å². The van der Waals surface area contributed by atoms with Gasteiger partial charge in [0.05, 0.1) is 19.5 Å². The topological polar surface area (TPSA) is 50.3 Å². The number of aromatic nitrogens is 2. The van der Waals surface area contributed by atoms with Crippen LogP contribution in [0.25, 0.3) is 0 Å². The largest absolute Gasteiger partial charge is 0.494 e. The van der Waals surface area contributed by atoms with Crippen molar-refractivity contribution in [3.05, 3.63) is 12.4 Å². The van der Waals surface area contributed by atoms with Crippen molar-refractivity contribution in [3.63, 3.8) is 0 Å². The van der Waals surface area contributed by atoms with E-state index in [0.717, 1.165) is 12.5 Å². The number of nitrogens with zero attached hydrogens (tertiary/aromatic N) is 3. The normalized spacial score (nSPS) is 31.2. The van der Waals surface area contributed by atoms with Gasteiger partial charge in [0.1, 0.15) is 0 Å². The third-order valence-corrected chi connectivity index (χ3v) is 3.83.